The van der Waals surface area contributed by atoms with Gasteiger partial charge in [-0.05, 0) is 24.3 Å². The molecule has 16 heavy (non-hydrogen) atoms. The molecule has 0 N–H and O–H groups in total. The molecule has 0 saturated heterocycles. The molecular formula is C9H5FNO3S2-. The summed E-state index contributed by atoms with van der Waals surface area (Å²) in [4.78, 5) is 3.93. The molecule has 4 nitrogen and oxygen atoms in total. The van der Waals surface area contributed by atoms with Gasteiger partial charge in [-0.2, -0.15) is 0 Å². The molecule has 0 bridgehead atoms. The summed E-state index contributed by atoms with van der Waals surface area (Å²) in [5.41, 5.74) is 1.25. The first kappa shape index (κ1) is 11.2. The van der Waals surface area contributed by atoms with Crippen molar-refractivity contribution in [1.82, 2.24) is 4.98 Å². The minimum absolute atomic E-state index is 0.0349. The lowest BCUT2D eigenvalue weighted by Gasteiger charge is -2.01. The summed E-state index contributed by atoms with van der Waals surface area (Å²) in [6, 6.07) is 5.73. The minimum Gasteiger partial charge on any atom is -0.740 e. The first-order valence-corrected chi connectivity index (χ1v) is 6.02. The van der Waals surface area contributed by atoms with Crippen molar-refractivity contribution in [1.29, 1.82) is 0 Å². The Balaban J connectivity index is 2.24. The topological polar surface area (TPSA) is 62.2 Å². The zero-order valence-electron chi connectivity index (χ0n) is 7.75. The highest BCUT2D eigenvalue weighted by Crippen LogP contribution is 2.26. The Labute approximate surface area is 97.2 Å². The maximum atomic E-state index is 12.7. The van der Waals surface area contributed by atoms with Gasteiger partial charge in [-0.15, -0.1) is 0 Å². The molecule has 0 radical (unpaired) electrons. The quantitative estimate of drug-likeness (QED) is 0.791. The number of hydrogen-bond acceptors (Lipinski definition) is 5. The summed E-state index contributed by atoms with van der Waals surface area (Å²) in [5, 5.41) is 1.67. The van der Waals surface area contributed by atoms with Crippen molar-refractivity contribution in [3.05, 3.63) is 35.5 Å². The second-order valence-electron chi connectivity index (χ2n) is 2.79. The van der Waals surface area contributed by atoms with E-state index in [1.807, 2.05) is 0 Å². The van der Waals surface area contributed by atoms with Crippen LogP contribution in [0.5, 0.6) is 5.19 Å². The smallest absolute Gasteiger partial charge is 0.288 e. The fourth-order valence-corrected chi connectivity index (χ4v) is 2.14. The zero-order valence-corrected chi connectivity index (χ0v) is 9.39. The minimum atomic E-state index is -2.63. The molecule has 1 atom stereocenters. The van der Waals surface area contributed by atoms with Crippen molar-refractivity contribution < 1.29 is 17.3 Å². The maximum Gasteiger partial charge on any atom is 0.288 e. The summed E-state index contributed by atoms with van der Waals surface area (Å²) in [7, 11) is 0. The van der Waals surface area contributed by atoms with Crippen molar-refractivity contribution in [2.75, 3.05) is 0 Å². The molecule has 0 saturated carbocycles. The monoisotopic (exact) mass is 258 g/mol. The lowest BCUT2D eigenvalue weighted by Crippen LogP contribution is -1.96. The summed E-state index contributed by atoms with van der Waals surface area (Å²) in [6.45, 7) is 0. The fourth-order valence-electron chi connectivity index (χ4n) is 1.11. The van der Waals surface area contributed by atoms with Crippen LogP contribution < -0.4 is 4.18 Å². The van der Waals surface area contributed by atoms with E-state index < -0.39 is 11.4 Å². The second kappa shape index (κ2) is 4.69. The van der Waals surface area contributed by atoms with Crippen molar-refractivity contribution in [3.8, 4) is 16.5 Å². The Hall–Kier alpha value is -1.31. The standard InChI is InChI=1S/C9H6FNO3S2/c10-7-3-1-6(2-4-7)8-5-15-9(11-8)14-16(12)13/h1-5H,(H,12,13)/p-1. The molecule has 1 heterocycles. The van der Waals surface area contributed by atoms with Crippen LogP contribution in [0.1, 0.15) is 0 Å². The van der Waals surface area contributed by atoms with Gasteiger partial charge in [0.15, 0.2) is 0 Å². The molecule has 1 unspecified atom stereocenters. The highest BCUT2D eigenvalue weighted by Gasteiger charge is 2.05. The van der Waals surface area contributed by atoms with Gasteiger partial charge in [0.2, 0.25) is 0 Å². The van der Waals surface area contributed by atoms with E-state index in [1.165, 1.54) is 12.1 Å². The Morgan fingerprint density at radius 3 is 2.69 bits per heavy atom. The van der Waals surface area contributed by atoms with Gasteiger partial charge >= 0.3 is 0 Å². The van der Waals surface area contributed by atoms with E-state index in [1.54, 1.807) is 17.5 Å². The van der Waals surface area contributed by atoms with E-state index >= 15 is 0 Å². The first-order chi connectivity index (χ1) is 7.65. The Morgan fingerprint density at radius 1 is 1.38 bits per heavy atom. The van der Waals surface area contributed by atoms with Gasteiger partial charge in [-0.3, -0.25) is 0 Å². The number of hydrogen-bond donors (Lipinski definition) is 0. The van der Waals surface area contributed by atoms with E-state index in [2.05, 4.69) is 9.17 Å². The lowest BCUT2D eigenvalue weighted by molar-refractivity contribution is 0.439. The van der Waals surface area contributed by atoms with Gasteiger partial charge in [0, 0.05) is 10.9 Å². The molecule has 0 aliphatic rings. The molecule has 84 valence electrons. The van der Waals surface area contributed by atoms with E-state index in [0.29, 0.717) is 11.3 Å². The molecule has 0 fully saturated rings. The average Bonchev–Trinajstić information content (AvgIpc) is 2.66. The van der Waals surface area contributed by atoms with Gasteiger partial charge in [0.1, 0.15) is 17.2 Å². The average molecular weight is 258 g/mol. The number of benzene rings is 1. The molecule has 7 heteroatoms. The van der Waals surface area contributed by atoms with Crippen LogP contribution in [0.25, 0.3) is 11.3 Å². The predicted octanol–water partition coefficient (Wildman–Crippen LogP) is 2.12. The van der Waals surface area contributed by atoms with E-state index in [4.69, 9.17) is 0 Å². The highest BCUT2D eigenvalue weighted by atomic mass is 32.2. The SMILES string of the molecule is O=S([O-])Oc1nc(-c2ccc(F)cc2)cs1. The zero-order chi connectivity index (χ0) is 11.5. The Kier molecular flexibility index (Phi) is 3.28. The van der Waals surface area contributed by atoms with Crippen LogP contribution in [0.4, 0.5) is 4.39 Å². The molecule has 0 aliphatic carbocycles. The van der Waals surface area contributed by atoms with Crippen molar-refractivity contribution in [3.63, 3.8) is 0 Å². The van der Waals surface area contributed by atoms with Crippen molar-refractivity contribution in [2.45, 2.75) is 0 Å². The van der Waals surface area contributed by atoms with E-state index in [0.717, 1.165) is 11.3 Å². The first-order valence-electron chi connectivity index (χ1n) is 4.14. The molecular weight excluding hydrogens is 253 g/mol. The van der Waals surface area contributed by atoms with Crippen LogP contribution in [0.3, 0.4) is 0 Å². The number of rotatable bonds is 3. The lowest BCUT2D eigenvalue weighted by atomic mass is 10.2. The van der Waals surface area contributed by atoms with Crippen LogP contribution in [0.2, 0.25) is 0 Å². The third-order valence-corrected chi connectivity index (χ3v) is 2.88. The van der Waals surface area contributed by atoms with Crippen LogP contribution >= 0.6 is 11.3 Å². The highest BCUT2D eigenvalue weighted by molar-refractivity contribution is 7.74. The Morgan fingerprint density at radius 2 is 2.06 bits per heavy atom. The molecule has 0 amide bonds. The molecule has 2 aromatic rings. The molecule has 1 aromatic carbocycles. The third kappa shape index (κ3) is 2.63. The molecule has 2 rings (SSSR count). The maximum absolute atomic E-state index is 12.7. The van der Waals surface area contributed by atoms with Gasteiger partial charge in [-0.25, -0.2) is 13.6 Å². The molecule has 1 aromatic heterocycles. The number of aromatic nitrogens is 1. The summed E-state index contributed by atoms with van der Waals surface area (Å²) < 4.78 is 37.6. The third-order valence-electron chi connectivity index (χ3n) is 1.76. The largest absolute Gasteiger partial charge is 0.740 e. The Bertz CT molecular complexity index is 512. The van der Waals surface area contributed by atoms with Crippen LogP contribution in [-0.2, 0) is 11.4 Å². The normalized spacial score (nSPS) is 12.4. The van der Waals surface area contributed by atoms with Crippen LogP contribution in [0.15, 0.2) is 29.6 Å². The van der Waals surface area contributed by atoms with E-state index in [9.17, 15) is 13.2 Å². The predicted molar refractivity (Wildman–Crippen MR) is 57.1 cm³/mol. The summed E-state index contributed by atoms with van der Waals surface area (Å²) >= 11 is -1.57. The summed E-state index contributed by atoms with van der Waals surface area (Å²) in [6.07, 6.45) is 0. The molecule has 0 spiro atoms. The number of nitrogens with zero attached hydrogens (tertiary/aromatic N) is 1. The fraction of sp³-hybridized carbons (Fsp3) is 0. The van der Waals surface area contributed by atoms with Gasteiger partial charge in [-0.1, -0.05) is 11.3 Å². The second-order valence-corrected chi connectivity index (χ2v) is 4.19. The van der Waals surface area contributed by atoms with Crippen LogP contribution in [-0.4, -0.2) is 13.7 Å². The van der Waals surface area contributed by atoms with Gasteiger partial charge in [0.25, 0.3) is 5.19 Å². The number of halogens is 1. The van der Waals surface area contributed by atoms with Crippen molar-refractivity contribution in [2.24, 2.45) is 0 Å². The summed E-state index contributed by atoms with van der Waals surface area (Å²) in [5.74, 6) is -0.337. The van der Waals surface area contributed by atoms with Gasteiger partial charge < -0.3 is 8.74 Å². The van der Waals surface area contributed by atoms with Crippen molar-refractivity contribution >= 4 is 22.7 Å². The number of thiazole rings is 1. The van der Waals surface area contributed by atoms with Crippen LogP contribution in [0, 0.1) is 5.82 Å². The van der Waals surface area contributed by atoms with Gasteiger partial charge in [0.05, 0.1) is 5.69 Å². The molecule has 0 aliphatic heterocycles. The van der Waals surface area contributed by atoms with E-state index in [-0.39, 0.29) is 11.0 Å².